The summed E-state index contributed by atoms with van der Waals surface area (Å²) in [6.45, 7) is 2.67. The largest absolute Gasteiger partial charge is 0.381 e. The van der Waals surface area contributed by atoms with E-state index < -0.39 is 5.82 Å². The molecule has 0 radical (unpaired) electrons. The molecule has 1 atom stereocenters. The quantitative estimate of drug-likeness (QED) is 0.765. The van der Waals surface area contributed by atoms with Crippen molar-refractivity contribution in [3.8, 4) is 0 Å². The van der Waals surface area contributed by atoms with Gasteiger partial charge in [0.25, 0.3) is 0 Å². The molecule has 1 aliphatic rings. The van der Waals surface area contributed by atoms with Gasteiger partial charge in [0.2, 0.25) is 0 Å². The first-order chi connectivity index (χ1) is 9.16. The van der Waals surface area contributed by atoms with Crippen LogP contribution in [0, 0.1) is 11.7 Å². The topological polar surface area (TPSA) is 29.5 Å². The van der Waals surface area contributed by atoms with Crippen LogP contribution in [0.1, 0.15) is 23.2 Å². The van der Waals surface area contributed by atoms with Gasteiger partial charge in [-0.05, 0) is 37.9 Å². The minimum Gasteiger partial charge on any atom is -0.381 e. The van der Waals surface area contributed by atoms with Gasteiger partial charge in [-0.15, -0.1) is 0 Å². The molecule has 0 N–H and O–H groups in total. The highest BCUT2D eigenvalue weighted by molar-refractivity contribution is 5.97. The fourth-order valence-electron chi connectivity index (χ4n) is 2.47. The van der Waals surface area contributed by atoms with E-state index in [1.165, 1.54) is 12.1 Å². The highest BCUT2D eigenvalue weighted by Crippen LogP contribution is 2.15. The Morgan fingerprint density at radius 2 is 2.26 bits per heavy atom. The van der Waals surface area contributed by atoms with Gasteiger partial charge in [0.15, 0.2) is 5.78 Å². The predicted molar refractivity (Wildman–Crippen MR) is 71.8 cm³/mol. The van der Waals surface area contributed by atoms with E-state index in [0.717, 1.165) is 32.6 Å². The zero-order valence-corrected chi connectivity index (χ0v) is 11.3. The molecule has 1 aromatic rings. The van der Waals surface area contributed by atoms with E-state index in [1.807, 2.05) is 11.9 Å². The molecule has 0 aliphatic carbocycles. The lowest BCUT2D eigenvalue weighted by molar-refractivity contribution is 0.0416. The van der Waals surface area contributed by atoms with E-state index >= 15 is 0 Å². The standard InChI is InChI=1S/C15H20FNO2/c1-17(9-12-5-4-8-19-11-12)10-15(18)13-6-2-3-7-14(13)16/h2-3,6-7,12H,4-5,8-11H2,1H3. The van der Waals surface area contributed by atoms with Gasteiger partial charge in [0.1, 0.15) is 5.82 Å². The monoisotopic (exact) mass is 265 g/mol. The van der Waals surface area contributed by atoms with Crippen LogP contribution >= 0.6 is 0 Å². The van der Waals surface area contributed by atoms with E-state index in [1.54, 1.807) is 12.1 Å². The number of carbonyl (C=O) groups is 1. The third kappa shape index (κ3) is 4.11. The fourth-order valence-corrected chi connectivity index (χ4v) is 2.47. The average molecular weight is 265 g/mol. The fraction of sp³-hybridized carbons (Fsp3) is 0.533. The van der Waals surface area contributed by atoms with Crippen molar-refractivity contribution in [2.75, 3.05) is 33.4 Å². The van der Waals surface area contributed by atoms with Crippen molar-refractivity contribution < 1.29 is 13.9 Å². The Morgan fingerprint density at radius 3 is 2.95 bits per heavy atom. The number of Topliss-reactive ketones (excluding diaryl/α,β-unsaturated/α-hetero) is 1. The van der Waals surface area contributed by atoms with Gasteiger partial charge in [-0.3, -0.25) is 9.69 Å². The molecule has 19 heavy (non-hydrogen) atoms. The maximum absolute atomic E-state index is 13.5. The number of benzene rings is 1. The molecule has 1 fully saturated rings. The number of hydrogen-bond acceptors (Lipinski definition) is 3. The summed E-state index contributed by atoms with van der Waals surface area (Å²) in [5.74, 6) is -0.133. The highest BCUT2D eigenvalue weighted by Gasteiger charge is 2.18. The van der Waals surface area contributed by atoms with Crippen LogP contribution in [-0.4, -0.2) is 44.0 Å². The van der Waals surface area contributed by atoms with Crippen molar-refractivity contribution in [3.05, 3.63) is 35.6 Å². The van der Waals surface area contributed by atoms with Crippen LogP contribution in [-0.2, 0) is 4.74 Å². The second-order valence-corrected chi connectivity index (χ2v) is 5.18. The number of halogens is 1. The lowest BCUT2D eigenvalue weighted by Gasteiger charge is -2.26. The summed E-state index contributed by atoms with van der Waals surface area (Å²) in [6.07, 6.45) is 2.22. The summed E-state index contributed by atoms with van der Waals surface area (Å²) < 4.78 is 18.9. The Bertz CT molecular complexity index is 430. The van der Waals surface area contributed by atoms with Crippen LogP contribution in [0.2, 0.25) is 0 Å². The maximum atomic E-state index is 13.5. The first-order valence-electron chi connectivity index (χ1n) is 6.71. The van der Waals surface area contributed by atoms with Crippen molar-refractivity contribution in [2.24, 2.45) is 5.92 Å². The number of hydrogen-bond donors (Lipinski definition) is 0. The van der Waals surface area contributed by atoms with E-state index in [0.29, 0.717) is 5.92 Å². The van der Waals surface area contributed by atoms with Crippen molar-refractivity contribution in [2.45, 2.75) is 12.8 Å². The molecule has 0 bridgehead atoms. The van der Waals surface area contributed by atoms with E-state index in [2.05, 4.69) is 0 Å². The maximum Gasteiger partial charge on any atom is 0.179 e. The molecule has 1 unspecified atom stereocenters. The number of ether oxygens (including phenoxy) is 1. The van der Waals surface area contributed by atoms with Crippen LogP contribution in [0.3, 0.4) is 0 Å². The third-order valence-electron chi connectivity index (χ3n) is 3.41. The van der Waals surface area contributed by atoms with Crippen molar-refractivity contribution in [1.82, 2.24) is 4.90 Å². The lowest BCUT2D eigenvalue weighted by Crippen LogP contribution is -2.34. The summed E-state index contributed by atoms with van der Waals surface area (Å²) in [6, 6.07) is 6.14. The molecule has 0 spiro atoms. The Balaban J connectivity index is 1.86. The Kier molecular flexibility index (Phi) is 5.05. The molecule has 3 nitrogen and oxygen atoms in total. The summed E-state index contributed by atoms with van der Waals surface area (Å²) in [7, 11) is 1.90. The number of carbonyl (C=O) groups excluding carboxylic acids is 1. The highest BCUT2D eigenvalue weighted by atomic mass is 19.1. The molecule has 1 heterocycles. The van der Waals surface area contributed by atoms with Crippen LogP contribution in [0.5, 0.6) is 0 Å². The van der Waals surface area contributed by atoms with Crippen LogP contribution in [0.25, 0.3) is 0 Å². The predicted octanol–water partition coefficient (Wildman–Crippen LogP) is 2.37. The molecule has 0 aromatic heterocycles. The zero-order valence-electron chi connectivity index (χ0n) is 11.3. The van der Waals surface area contributed by atoms with Crippen LogP contribution in [0.15, 0.2) is 24.3 Å². The first-order valence-corrected chi connectivity index (χ1v) is 6.71. The second-order valence-electron chi connectivity index (χ2n) is 5.18. The number of nitrogens with zero attached hydrogens (tertiary/aromatic N) is 1. The van der Waals surface area contributed by atoms with Crippen molar-refractivity contribution >= 4 is 5.78 Å². The summed E-state index contributed by atoms with van der Waals surface area (Å²) in [5, 5.41) is 0. The average Bonchev–Trinajstić information content (AvgIpc) is 2.40. The number of ketones is 1. The molecular weight excluding hydrogens is 245 g/mol. The molecule has 1 saturated heterocycles. The van der Waals surface area contributed by atoms with E-state index in [-0.39, 0.29) is 17.9 Å². The Hall–Kier alpha value is -1.26. The summed E-state index contributed by atoms with van der Waals surface area (Å²) >= 11 is 0. The second kappa shape index (κ2) is 6.78. The molecular formula is C15H20FNO2. The van der Waals surface area contributed by atoms with Gasteiger partial charge in [-0.1, -0.05) is 12.1 Å². The van der Waals surface area contributed by atoms with Crippen LogP contribution < -0.4 is 0 Å². The SMILES string of the molecule is CN(CC(=O)c1ccccc1F)CC1CCCOC1. The molecule has 2 rings (SSSR count). The molecule has 0 amide bonds. The molecule has 104 valence electrons. The van der Waals surface area contributed by atoms with Crippen molar-refractivity contribution in [3.63, 3.8) is 0 Å². The van der Waals surface area contributed by atoms with Gasteiger partial charge in [0.05, 0.1) is 18.7 Å². The third-order valence-corrected chi connectivity index (χ3v) is 3.41. The molecule has 1 aliphatic heterocycles. The molecule has 1 aromatic carbocycles. The van der Waals surface area contributed by atoms with Gasteiger partial charge < -0.3 is 4.74 Å². The Labute approximate surface area is 113 Å². The van der Waals surface area contributed by atoms with Gasteiger partial charge in [0, 0.05) is 13.2 Å². The van der Waals surface area contributed by atoms with Crippen molar-refractivity contribution in [1.29, 1.82) is 0 Å². The minimum absolute atomic E-state index is 0.169. The smallest absolute Gasteiger partial charge is 0.179 e. The van der Waals surface area contributed by atoms with Gasteiger partial charge in [-0.2, -0.15) is 0 Å². The number of likely N-dealkylation sites (N-methyl/N-ethyl adjacent to an activating group) is 1. The van der Waals surface area contributed by atoms with Crippen LogP contribution in [0.4, 0.5) is 4.39 Å². The zero-order chi connectivity index (χ0) is 13.7. The normalized spacial score (nSPS) is 19.6. The van der Waals surface area contributed by atoms with E-state index in [4.69, 9.17) is 4.74 Å². The molecule has 0 saturated carbocycles. The molecule has 4 heteroatoms. The lowest BCUT2D eigenvalue weighted by atomic mass is 10.0. The van der Waals surface area contributed by atoms with Gasteiger partial charge >= 0.3 is 0 Å². The summed E-state index contributed by atoms with van der Waals surface area (Å²) in [4.78, 5) is 14.0. The summed E-state index contributed by atoms with van der Waals surface area (Å²) in [5.41, 5.74) is 0.175. The van der Waals surface area contributed by atoms with E-state index in [9.17, 15) is 9.18 Å². The minimum atomic E-state index is -0.443. The van der Waals surface area contributed by atoms with Gasteiger partial charge in [-0.25, -0.2) is 4.39 Å². The number of rotatable bonds is 5. The Morgan fingerprint density at radius 1 is 1.47 bits per heavy atom. The first kappa shape index (κ1) is 14.2.